The molecule has 29 heavy (non-hydrogen) atoms. The molecule has 6 nitrogen and oxygen atoms in total. The standard InChI is InChI=1S/C23H25N3O3/c1-15-8-10-17(11-9-15)13-24-20(27)14-26-21-16(2)5-3-6-18(21)22(28)25-12-4-7-19(25)23(26)29/h3,5-6,8-11,19H,4,7,12-14H2,1-2H3,(H,24,27). The van der Waals surface area contributed by atoms with Crippen LogP contribution in [0.1, 0.15) is 39.9 Å². The van der Waals surface area contributed by atoms with Crippen LogP contribution in [0.2, 0.25) is 0 Å². The van der Waals surface area contributed by atoms with Crippen LogP contribution in [0.3, 0.4) is 0 Å². The topological polar surface area (TPSA) is 69.7 Å². The number of carbonyl (C=O) groups is 3. The molecule has 3 amide bonds. The van der Waals surface area contributed by atoms with Gasteiger partial charge in [0.1, 0.15) is 12.6 Å². The summed E-state index contributed by atoms with van der Waals surface area (Å²) in [6.07, 6.45) is 1.44. The van der Waals surface area contributed by atoms with Crippen molar-refractivity contribution in [2.45, 2.75) is 39.3 Å². The summed E-state index contributed by atoms with van der Waals surface area (Å²) in [5, 5.41) is 2.90. The van der Waals surface area contributed by atoms with E-state index >= 15 is 0 Å². The molecule has 2 aliphatic heterocycles. The maximum Gasteiger partial charge on any atom is 0.256 e. The molecule has 0 spiro atoms. The molecule has 2 aromatic rings. The molecule has 2 heterocycles. The zero-order valence-electron chi connectivity index (χ0n) is 16.8. The van der Waals surface area contributed by atoms with Crippen molar-refractivity contribution in [1.82, 2.24) is 10.2 Å². The highest BCUT2D eigenvalue weighted by Gasteiger charge is 2.42. The zero-order chi connectivity index (χ0) is 20.5. The van der Waals surface area contributed by atoms with Crippen molar-refractivity contribution in [3.8, 4) is 0 Å². The summed E-state index contributed by atoms with van der Waals surface area (Å²) in [7, 11) is 0. The van der Waals surface area contributed by atoms with E-state index in [-0.39, 0.29) is 24.3 Å². The fraction of sp³-hybridized carbons (Fsp3) is 0.348. The maximum absolute atomic E-state index is 13.3. The Hall–Kier alpha value is -3.15. The van der Waals surface area contributed by atoms with Gasteiger partial charge >= 0.3 is 0 Å². The first-order chi connectivity index (χ1) is 14.0. The number of rotatable bonds is 4. The Bertz CT molecular complexity index is 968. The second-order valence-corrected chi connectivity index (χ2v) is 7.81. The quantitative estimate of drug-likeness (QED) is 0.871. The van der Waals surface area contributed by atoms with E-state index in [9.17, 15) is 14.4 Å². The van der Waals surface area contributed by atoms with Crippen molar-refractivity contribution in [3.05, 3.63) is 64.7 Å². The van der Waals surface area contributed by atoms with Crippen LogP contribution >= 0.6 is 0 Å². The van der Waals surface area contributed by atoms with Gasteiger partial charge in [0.2, 0.25) is 11.8 Å². The van der Waals surface area contributed by atoms with E-state index in [1.54, 1.807) is 11.0 Å². The molecular formula is C23H25N3O3. The fourth-order valence-corrected chi connectivity index (χ4v) is 4.16. The van der Waals surface area contributed by atoms with E-state index in [4.69, 9.17) is 0 Å². The van der Waals surface area contributed by atoms with Gasteiger partial charge in [-0.25, -0.2) is 0 Å². The summed E-state index contributed by atoms with van der Waals surface area (Å²) in [6, 6.07) is 12.9. The Labute approximate surface area is 170 Å². The molecule has 0 bridgehead atoms. The molecule has 2 aliphatic rings. The summed E-state index contributed by atoms with van der Waals surface area (Å²) in [5.74, 6) is -0.538. The van der Waals surface area contributed by atoms with Gasteiger partial charge in [0.05, 0.1) is 11.3 Å². The van der Waals surface area contributed by atoms with Crippen LogP contribution in [0, 0.1) is 13.8 Å². The molecule has 0 radical (unpaired) electrons. The van der Waals surface area contributed by atoms with Gasteiger partial charge in [-0.1, -0.05) is 42.0 Å². The van der Waals surface area contributed by atoms with E-state index in [1.165, 1.54) is 4.90 Å². The van der Waals surface area contributed by atoms with E-state index in [0.717, 1.165) is 23.1 Å². The third kappa shape index (κ3) is 3.62. The first-order valence-corrected chi connectivity index (χ1v) is 10.00. The molecule has 1 unspecified atom stereocenters. The van der Waals surface area contributed by atoms with Crippen molar-refractivity contribution in [3.63, 3.8) is 0 Å². The smallest absolute Gasteiger partial charge is 0.256 e. The second-order valence-electron chi connectivity index (χ2n) is 7.81. The molecule has 1 fully saturated rings. The summed E-state index contributed by atoms with van der Waals surface area (Å²) in [6.45, 7) is 4.76. The zero-order valence-corrected chi connectivity index (χ0v) is 16.8. The lowest BCUT2D eigenvalue weighted by atomic mass is 10.1. The van der Waals surface area contributed by atoms with Crippen LogP contribution in [0.4, 0.5) is 5.69 Å². The van der Waals surface area contributed by atoms with Gasteiger partial charge in [-0.15, -0.1) is 0 Å². The third-order valence-electron chi connectivity index (χ3n) is 5.71. The Morgan fingerprint density at radius 1 is 1.10 bits per heavy atom. The highest BCUT2D eigenvalue weighted by Crippen LogP contribution is 2.34. The van der Waals surface area contributed by atoms with Crippen LogP contribution in [-0.2, 0) is 16.1 Å². The van der Waals surface area contributed by atoms with Crippen molar-refractivity contribution >= 4 is 23.4 Å². The van der Waals surface area contributed by atoms with Gasteiger partial charge in [-0.3, -0.25) is 14.4 Å². The predicted molar refractivity (Wildman–Crippen MR) is 111 cm³/mol. The van der Waals surface area contributed by atoms with Gasteiger partial charge in [0.25, 0.3) is 5.91 Å². The van der Waals surface area contributed by atoms with Crippen molar-refractivity contribution < 1.29 is 14.4 Å². The Morgan fingerprint density at radius 3 is 2.62 bits per heavy atom. The predicted octanol–water partition coefficient (Wildman–Crippen LogP) is 2.57. The number of amides is 3. The molecule has 0 aliphatic carbocycles. The lowest BCUT2D eigenvalue weighted by molar-refractivity contribution is -0.125. The highest BCUT2D eigenvalue weighted by atomic mass is 16.2. The average molecular weight is 391 g/mol. The third-order valence-corrected chi connectivity index (χ3v) is 5.71. The first kappa shape index (κ1) is 19.2. The first-order valence-electron chi connectivity index (χ1n) is 10.00. The van der Waals surface area contributed by atoms with Crippen LogP contribution < -0.4 is 10.2 Å². The number of fused-ring (bicyclic) bond motifs is 2. The minimum atomic E-state index is -0.487. The summed E-state index contributed by atoms with van der Waals surface area (Å²) >= 11 is 0. The number of carbonyl (C=O) groups excluding carboxylic acids is 3. The number of hydrogen-bond donors (Lipinski definition) is 1. The molecular weight excluding hydrogens is 366 g/mol. The van der Waals surface area contributed by atoms with Crippen LogP contribution in [-0.4, -0.2) is 41.8 Å². The second kappa shape index (κ2) is 7.70. The molecule has 4 rings (SSSR count). The van der Waals surface area contributed by atoms with E-state index in [2.05, 4.69) is 5.32 Å². The van der Waals surface area contributed by atoms with Gasteiger partial charge in [-0.05, 0) is 43.9 Å². The minimum absolute atomic E-state index is 0.0971. The summed E-state index contributed by atoms with van der Waals surface area (Å²) in [5.41, 5.74) is 4.03. The highest BCUT2D eigenvalue weighted by molar-refractivity contribution is 6.13. The van der Waals surface area contributed by atoms with E-state index in [0.29, 0.717) is 30.8 Å². The number of benzene rings is 2. The van der Waals surface area contributed by atoms with Gasteiger partial charge in [-0.2, -0.15) is 0 Å². The number of nitrogens with zero attached hydrogens (tertiary/aromatic N) is 2. The molecule has 1 atom stereocenters. The normalized spacial score (nSPS) is 18.3. The minimum Gasteiger partial charge on any atom is -0.350 e. The van der Waals surface area contributed by atoms with Crippen LogP contribution in [0.25, 0.3) is 0 Å². The molecule has 1 saturated heterocycles. The van der Waals surface area contributed by atoms with Crippen LogP contribution in [0.5, 0.6) is 0 Å². The van der Waals surface area contributed by atoms with Crippen LogP contribution in [0.15, 0.2) is 42.5 Å². The molecule has 2 aromatic carbocycles. The lowest BCUT2D eigenvalue weighted by Crippen LogP contribution is -2.48. The van der Waals surface area contributed by atoms with Crippen molar-refractivity contribution in [2.75, 3.05) is 18.0 Å². The van der Waals surface area contributed by atoms with E-state index in [1.807, 2.05) is 50.2 Å². The maximum atomic E-state index is 13.3. The average Bonchev–Trinajstić information content (AvgIpc) is 3.18. The Balaban J connectivity index is 1.58. The van der Waals surface area contributed by atoms with Gasteiger partial charge in [0.15, 0.2) is 0 Å². The summed E-state index contributed by atoms with van der Waals surface area (Å²) < 4.78 is 0. The monoisotopic (exact) mass is 391 g/mol. The Kier molecular flexibility index (Phi) is 5.09. The molecule has 0 aromatic heterocycles. The number of anilines is 1. The van der Waals surface area contributed by atoms with Gasteiger partial charge in [0, 0.05) is 13.1 Å². The molecule has 150 valence electrons. The molecule has 1 N–H and O–H groups in total. The number of aryl methyl sites for hydroxylation is 2. The Morgan fingerprint density at radius 2 is 1.86 bits per heavy atom. The number of hydrogen-bond acceptors (Lipinski definition) is 3. The fourth-order valence-electron chi connectivity index (χ4n) is 4.16. The summed E-state index contributed by atoms with van der Waals surface area (Å²) in [4.78, 5) is 42.2. The van der Waals surface area contributed by atoms with Crippen molar-refractivity contribution in [1.29, 1.82) is 0 Å². The number of nitrogens with one attached hydrogen (secondary N) is 1. The SMILES string of the molecule is Cc1ccc(CNC(=O)CN2C(=O)C3CCCN3C(=O)c3cccc(C)c32)cc1. The van der Waals surface area contributed by atoms with Gasteiger partial charge < -0.3 is 15.1 Å². The van der Waals surface area contributed by atoms with E-state index < -0.39 is 6.04 Å². The lowest BCUT2D eigenvalue weighted by Gasteiger charge is -2.26. The van der Waals surface area contributed by atoms with Crippen molar-refractivity contribution in [2.24, 2.45) is 0 Å². The largest absolute Gasteiger partial charge is 0.350 e. The molecule has 0 saturated carbocycles. The molecule has 6 heteroatoms. The number of para-hydroxylation sites is 1.